The van der Waals surface area contributed by atoms with Crippen molar-refractivity contribution in [3.05, 3.63) is 35.4 Å². The van der Waals surface area contributed by atoms with Gasteiger partial charge in [-0.05, 0) is 36.5 Å². The van der Waals surface area contributed by atoms with Gasteiger partial charge in [0, 0.05) is 31.6 Å². The third-order valence-corrected chi connectivity index (χ3v) is 4.00. The molecule has 0 aliphatic carbocycles. The molecule has 0 spiro atoms. The lowest BCUT2D eigenvalue weighted by molar-refractivity contribution is -0.128. The number of amides is 2. The standard InChI is InChI=1S/C18H26N2O3/c1-13(2)10-16(21)11-19-18(23)15-7-5-14(6-8-15)12-20-9-3-4-17(20)22/h5-8,13,16,21H,3-4,9-12H2,1-2H3,(H,19,23). The minimum Gasteiger partial charge on any atom is -0.391 e. The lowest BCUT2D eigenvalue weighted by atomic mass is 10.1. The second-order valence-corrected chi connectivity index (χ2v) is 6.61. The normalized spacial score (nSPS) is 16.0. The Balaban J connectivity index is 1.83. The molecule has 0 aromatic heterocycles. The van der Waals surface area contributed by atoms with E-state index in [4.69, 9.17) is 0 Å². The molecule has 1 aromatic carbocycles. The highest BCUT2D eigenvalue weighted by Crippen LogP contribution is 2.14. The topological polar surface area (TPSA) is 69.6 Å². The Kier molecular flexibility index (Phi) is 6.16. The first-order valence-corrected chi connectivity index (χ1v) is 8.28. The van der Waals surface area contributed by atoms with Crippen LogP contribution < -0.4 is 5.32 Å². The van der Waals surface area contributed by atoms with Crippen LogP contribution in [0.1, 0.15) is 49.0 Å². The fraction of sp³-hybridized carbons (Fsp3) is 0.556. The fourth-order valence-electron chi connectivity index (χ4n) is 2.79. The zero-order valence-corrected chi connectivity index (χ0v) is 13.9. The largest absolute Gasteiger partial charge is 0.391 e. The van der Waals surface area contributed by atoms with Gasteiger partial charge in [-0.1, -0.05) is 26.0 Å². The van der Waals surface area contributed by atoms with E-state index in [0.717, 1.165) is 18.5 Å². The van der Waals surface area contributed by atoms with Crippen molar-refractivity contribution in [2.45, 2.75) is 45.8 Å². The summed E-state index contributed by atoms with van der Waals surface area (Å²) in [6.07, 6.45) is 1.72. The molecule has 1 aromatic rings. The Morgan fingerprint density at radius 1 is 1.30 bits per heavy atom. The lowest BCUT2D eigenvalue weighted by Gasteiger charge is -2.16. The van der Waals surface area contributed by atoms with Crippen LogP contribution in [-0.2, 0) is 11.3 Å². The van der Waals surface area contributed by atoms with Crippen LogP contribution in [-0.4, -0.2) is 41.0 Å². The first-order valence-electron chi connectivity index (χ1n) is 8.28. The molecule has 5 heteroatoms. The lowest BCUT2D eigenvalue weighted by Crippen LogP contribution is -2.32. The van der Waals surface area contributed by atoms with Crippen molar-refractivity contribution in [3.63, 3.8) is 0 Å². The van der Waals surface area contributed by atoms with Gasteiger partial charge < -0.3 is 15.3 Å². The van der Waals surface area contributed by atoms with Crippen molar-refractivity contribution in [2.24, 2.45) is 5.92 Å². The molecule has 1 unspecified atom stereocenters. The molecule has 0 bridgehead atoms. The van der Waals surface area contributed by atoms with E-state index >= 15 is 0 Å². The van der Waals surface area contributed by atoms with Crippen molar-refractivity contribution in [1.29, 1.82) is 0 Å². The quantitative estimate of drug-likeness (QED) is 0.807. The van der Waals surface area contributed by atoms with Crippen molar-refractivity contribution in [2.75, 3.05) is 13.1 Å². The second-order valence-electron chi connectivity index (χ2n) is 6.61. The molecule has 1 atom stereocenters. The first-order chi connectivity index (χ1) is 11.0. The van der Waals surface area contributed by atoms with Crippen LogP contribution in [0, 0.1) is 5.92 Å². The average molecular weight is 318 g/mol. The molecule has 1 aliphatic heterocycles. The molecule has 0 radical (unpaired) electrons. The molecule has 5 nitrogen and oxygen atoms in total. The zero-order valence-electron chi connectivity index (χ0n) is 13.9. The van der Waals surface area contributed by atoms with Gasteiger partial charge in [0.25, 0.3) is 5.91 Å². The smallest absolute Gasteiger partial charge is 0.251 e. The van der Waals surface area contributed by atoms with E-state index in [-0.39, 0.29) is 18.4 Å². The first kappa shape index (κ1) is 17.5. The molecule has 126 valence electrons. The van der Waals surface area contributed by atoms with Crippen LogP contribution in [0.15, 0.2) is 24.3 Å². The van der Waals surface area contributed by atoms with Crippen molar-refractivity contribution in [1.82, 2.24) is 10.2 Å². The van der Waals surface area contributed by atoms with E-state index in [1.165, 1.54) is 0 Å². The fourth-order valence-corrected chi connectivity index (χ4v) is 2.79. The number of likely N-dealkylation sites (tertiary alicyclic amines) is 1. The van der Waals surface area contributed by atoms with Gasteiger partial charge in [-0.25, -0.2) is 0 Å². The highest BCUT2D eigenvalue weighted by molar-refractivity contribution is 5.94. The van der Waals surface area contributed by atoms with Crippen LogP contribution >= 0.6 is 0 Å². The third-order valence-electron chi connectivity index (χ3n) is 4.00. The molecule has 2 rings (SSSR count). The Bertz CT molecular complexity index is 540. The van der Waals surface area contributed by atoms with Crippen molar-refractivity contribution < 1.29 is 14.7 Å². The number of nitrogens with one attached hydrogen (secondary N) is 1. The Labute approximate surface area is 137 Å². The highest BCUT2D eigenvalue weighted by Gasteiger charge is 2.20. The van der Waals surface area contributed by atoms with E-state index in [0.29, 0.717) is 30.9 Å². The van der Waals surface area contributed by atoms with Crippen LogP contribution in [0.5, 0.6) is 0 Å². The van der Waals surface area contributed by atoms with E-state index < -0.39 is 6.10 Å². The summed E-state index contributed by atoms with van der Waals surface area (Å²) in [7, 11) is 0. The summed E-state index contributed by atoms with van der Waals surface area (Å²) < 4.78 is 0. The van der Waals surface area contributed by atoms with Gasteiger partial charge in [-0.2, -0.15) is 0 Å². The molecule has 2 amide bonds. The monoisotopic (exact) mass is 318 g/mol. The molecular formula is C18H26N2O3. The number of rotatable bonds is 7. The minimum atomic E-state index is -0.514. The number of benzene rings is 1. The summed E-state index contributed by atoms with van der Waals surface area (Å²) in [5.74, 6) is 0.414. The van der Waals surface area contributed by atoms with Crippen LogP contribution in [0.4, 0.5) is 0 Å². The van der Waals surface area contributed by atoms with E-state index in [1.807, 2.05) is 30.9 Å². The summed E-state index contributed by atoms with van der Waals surface area (Å²) in [5.41, 5.74) is 1.59. The van der Waals surface area contributed by atoms with E-state index in [9.17, 15) is 14.7 Å². The molecule has 0 saturated carbocycles. The second kappa shape index (κ2) is 8.11. The third kappa shape index (κ3) is 5.36. The Morgan fingerprint density at radius 3 is 2.57 bits per heavy atom. The average Bonchev–Trinajstić information content (AvgIpc) is 2.90. The summed E-state index contributed by atoms with van der Waals surface area (Å²) in [6.45, 7) is 5.76. The molecular weight excluding hydrogens is 292 g/mol. The van der Waals surface area contributed by atoms with Gasteiger partial charge in [0.15, 0.2) is 0 Å². The van der Waals surface area contributed by atoms with Crippen LogP contribution in [0.2, 0.25) is 0 Å². The molecule has 2 N–H and O–H groups in total. The van der Waals surface area contributed by atoms with Crippen molar-refractivity contribution >= 4 is 11.8 Å². The van der Waals surface area contributed by atoms with Gasteiger partial charge in [-0.15, -0.1) is 0 Å². The summed E-state index contributed by atoms with van der Waals surface area (Å²) in [6, 6.07) is 7.29. The summed E-state index contributed by atoms with van der Waals surface area (Å²) in [5, 5.41) is 12.5. The predicted molar refractivity (Wildman–Crippen MR) is 88.9 cm³/mol. The molecule has 23 heavy (non-hydrogen) atoms. The van der Waals surface area contributed by atoms with E-state index in [2.05, 4.69) is 5.32 Å². The maximum atomic E-state index is 12.1. The predicted octanol–water partition coefficient (Wildman–Crippen LogP) is 1.95. The number of hydrogen-bond acceptors (Lipinski definition) is 3. The van der Waals surface area contributed by atoms with Crippen molar-refractivity contribution in [3.8, 4) is 0 Å². The number of aliphatic hydroxyl groups is 1. The van der Waals surface area contributed by atoms with Gasteiger partial charge in [0.1, 0.15) is 0 Å². The maximum absolute atomic E-state index is 12.1. The van der Waals surface area contributed by atoms with Crippen LogP contribution in [0.3, 0.4) is 0 Å². The number of carbonyl (C=O) groups is 2. The Morgan fingerprint density at radius 2 is 2.00 bits per heavy atom. The summed E-state index contributed by atoms with van der Waals surface area (Å²) >= 11 is 0. The van der Waals surface area contributed by atoms with E-state index in [1.54, 1.807) is 12.1 Å². The number of hydrogen-bond donors (Lipinski definition) is 2. The molecule has 1 fully saturated rings. The van der Waals surface area contributed by atoms with Gasteiger partial charge in [0.05, 0.1) is 6.10 Å². The van der Waals surface area contributed by atoms with Crippen LogP contribution in [0.25, 0.3) is 0 Å². The number of aliphatic hydroxyl groups excluding tert-OH is 1. The SMILES string of the molecule is CC(C)CC(O)CNC(=O)c1ccc(CN2CCCC2=O)cc1. The molecule has 1 saturated heterocycles. The van der Waals surface area contributed by atoms with Gasteiger partial charge >= 0.3 is 0 Å². The minimum absolute atomic E-state index is 0.184. The number of carbonyl (C=O) groups excluding carboxylic acids is 2. The number of nitrogens with zero attached hydrogens (tertiary/aromatic N) is 1. The van der Waals surface area contributed by atoms with Gasteiger partial charge in [-0.3, -0.25) is 9.59 Å². The zero-order chi connectivity index (χ0) is 16.8. The molecule has 1 aliphatic rings. The maximum Gasteiger partial charge on any atom is 0.251 e. The summed E-state index contributed by atoms with van der Waals surface area (Å²) in [4.78, 5) is 25.5. The Hall–Kier alpha value is -1.88. The highest BCUT2D eigenvalue weighted by atomic mass is 16.3. The molecule has 1 heterocycles. The van der Waals surface area contributed by atoms with Gasteiger partial charge in [0.2, 0.25) is 5.91 Å².